The van der Waals surface area contributed by atoms with Crippen LogP contribution >= 0.6 is 0 Å². The smallest absolute Gasteiger partial charge is 0.251 e. The van der Waals surface area contributed by atoms with Gasteiger partial charge < -0.3 is 10.3 Å². The molecular formula is C22H19N2O2. The minimum Gasteiger partial charge on any atom is -0.361 e. The van der Waals surface area contributed by atoms with Crippen molar-refractivity contribution in [3.05, 3.63) is 83.6 Å². The van der Waals surface area contributed by atoms with Gasteiger partial charge in [0.1, 0.15) is 6.61 Å². The van der Waals surface area contributed by atoms with Crippen LogP contribution in [0.3, 0.4) is 0 Å². The van der Waals surface area contributed by atoms with Crippen LogP contribution in [0.25, 0.3) is 21.7 Å². The monoisotopic (exact) mass is 343 g/mol. The Morgan fingerprint density at radius 3 is 2.46 bits per heavy atom. The van der Waals surface area contributed by atoms with E-state index < -0.39 is 6.61 Å². The van der Waals surface area contributed by atoms with Gasteiger partial charge in [0, 0.05) is 29.2 Å². The van der Waals surface area contributed by atoms with Crippen molar-refractivity contribution in [3.8, 4) is 0 Å². The second kappa shape index (κ2) is 7.02. The van der Waals surface area contributed by atoms with Gasteiger partial charge in [-0.25, -0.2) is 5.11 Å². The molecule has 0 aliphatic rings. The van der Waals surface area contributed by atoms with Gasteiger partial charge in [0.15, 0.2) is 0 Å². The van der Waals surface area contributed by atoms with E-state index in [1.807, 2.05) is 60.8 Å². The Kier molecular flexibility index (Phi) is 4.42. The molecule has 1 aromatic heterocycles. The summed E-state index contributed by atoms with van der Waals surface area (Å²) in [6, 6.07) is 19.5. The van der Waals surface area contributed by atoms with E-state index in [1.165, 1.54) is 10.9 Å². The largest absolute Gasteiger partial charge is 0.361 e. The Balaban J connectivity index is 1.50. The number of aromatic nitrogens is 1. The van der Waals surface area contributed by atoms with Crippen LogP contribution in [-0.2, 0) is 18.1 Å². The first-order valence-electron chi connectivity index (χ1n) is 8.69. The van der Waals surface area contributed by atoms with Gasteiger partial charge in [0.05, 0.1) is 0 Å². The molecule has 4 nitrogen and oxygen atoms in total. The summed E-state index contributed by atoms with van der Waals surface area (Å²) >= 11 is 0. The molecule has 26 heavy (non-hydrogen) atoms. The Hall–Kier alpha value is -3.11. The molecule has 0 saturated carbocycles. The van der Waals surface area contributed by atoms with E-state index in [0.717, 1.165) is 22.7 Å². The fourth-order valence-electron chi connectivity index (χ4n) is 3.36. The summed E-state index contributed by atoms with van der Waals surface area (Å²) in [6.45, 7) is 0.113. The van der Waals surface area contributed by atoms with Gasteiger partial charge in [-0.3, -0.25) is 4.79 Å². The summed E-state index contributed by atoms with van der Waals surface area (Å²) in [7, 11) is 0. The van der Waals surface area contributed by atoms with Gasteiger partial charge in [0.25, 0.3) is 5.91 Å². The van der Waals surface area contributed by atoms with Gasteiger partial charge in [-0.05, 0) is 46.5 Å². The van der Waals surface area contributed by atoms with Gasteiger partial charge in [-0.15, -0.1) is 0 Å². The number of hydrogen-bond donors (Lipinski definition) is 2. The van der Waals surface area contributed by atoms with Crippen LogP contribution in [-0.4, -0.2) is 17.4 Å². The van der Waals surface area contributed by atoms with Crippen LogP contribution in [0.4, 0.5) is 0 Å². The highest BCUT2D eigenvalue weighted by molar-refractivity contribution is 6.00. The predicted octanol–water partition coefficient (Wildman–Crippen LogP) is 4.22. The van der Waals surface area contributed by atoms with Gasteiger partial charge in [-0.1, -0.05) is 42.5 Å². The zero-order valence-corrected chi connectivity index (χ0v) is 14.3. The summed E-state index contributed by atoms with van der Waals surface area (Å²) in [4.78, 5) is 15.8. The van der Waals surface area contributed by atoms with E-state index in [0.29, 0.717) is 17.7 Å². The highest BCUT2D eigenvalue weighted by Gasteiger charge is 2.13. The third kappa shape index (κ3) is 3.07. The first-order valence-corrected chi connectivity index (χ1v) is 8.69. The van der Waals surface area contributed by atoms with Gasteiger partial charge >= 0.3 is 0 Å². The van der Waals surface area contributed by atoms with E-state index in [4.69, 9.17) is 0 Å². The summed E-state index contributed by atoms with van der Waals surface area (Å²) in [5.74, 6) is -0.193. The average Bonchev–Trinajstić information content (AvgIpc) is 3.10. The van der Waals surface area contributed by atoms with Crippen LogP contribution in [0.5, 0.6) is 0 Å². The first kappa shape index (κ1) is 16.4. The van der Waals surface area contributed by atoms with E-state index >= 15 is 0 Å². The van der Waals surface area contributed by atoms with Crippen LogP contribution < -0.4 is 5.32 Å². The molecule has 4 rings (SSSR count). The quantitative estimate of drug-likeness (QED) is 0.560. The van der Waals surface area contributed by atoms with Crippen LogP contribution in [0.15, 0.2) is 66.9 Å². The molecule has 3 aromatic carbocycles. The lowest BCUT2D eigenvalue weighted by molar-refractivity contribution is 0.0948. The minimum absolute atomic E-state index is 0.193. The normalized spacial score (nSPS) is 11.1. The van der Waals surface area contributed by atoms with Crippen molar-refractivity contribution < 1.29 is 9.90 Å². The summed E-state index contributed by atoms with van der Waals surface area (Å²) < 4.78 is 0. The van der Waals surface area contributed by atoms with Gasteiger partial charge in [-0.2, -0.15) is 0 Å². The lowest BCUT2D eigenvalue weighted by Gasteiger charge is -2.10. The molecule has 1 heterocycles. The van der Waals surface area contributed by atoms with Crippen molar-refractivity contribution in [2.75, 3.05) is 6.54 Å². The van der Waals surface area contributed by atoms with E-state index in [1.54, 1.807) is 0 Å². The topological polar surface area (TPSA) is 64.8 Å². The molecule has 0 fully saturated rings. The number of fused-ring (bicyclic) bond motifs is 2. The highest BCUT2D eigenvalue weighted by Crippen LogP contribution is 2.21. The molecule has 1 radical (unpaired) electrons. The SMILES string of the molecule is [O]Cc1cc2ccccc2cc1C(=O)NCCc1c[nH]c2ccccc12. The number of para-hydroxylation sites is 1. The number of H-pyrrole nitrogens is 1. The van der Waals surface area contributed by atoms with E-state index in [9.17, 15) is 9.90 Å². The van der Waals surface area contributed by atoms with Crippen molar-refractivity contribution in [1.29, 1.82) is 0 Å². The highest BCUT2D eigenvalue weighted by atomic mass is 16.3. The number of carbonyl (C=O) groups excluding carboxylic acids is 1. The Labute approximate surface area is 151 Å². The van der Waals surface area contributed by atoms with E-state index in [2.05, 4.69) is 16.4 Å². The second-order valence-electron chi connectivity index (χ2n) is 6.37. The minimum atomic E-state index is -0.407. The molecule has 0 saturated heterocycles. The third-order valence-corrected chi connectivity index (χ3v) is 4.73. The molecule has 129 valence electrons. The first-order chi connectivity index (χ1) is 12.8. The number of carbonyl (C=O) groups is 1. The molecule has 0 atom stereocenters. The van der Waals surface area contributed by atoms with E-state index in [-0.39, 0.29) is 5.91 Å². The van der Waals surface area contributed by atoms with Crippen LogP contribution in [0.1, 0.15) is 21.5 Å². The van der Waals surface area contributed by atoms with Crippen molar-refractivity contribution in [1.82, 2.24) is 10.3 Å². The number of hydrogen-bond acceptors (Lipinski definition) is 1. The number of benzene rings is 3. The number of amides is 1. The molecule has 2 N–H and O–H groups in total. The maximum Gasteiger partial charge on any atom is 0.251 e. The van der Waals surface area contributed by atoms with Gasteiger partial charge in [0.2, 0.25) is 0 Å². The van der Waals surface area contributed by atoms with Crippen molar-refractivity contribution in [3.63, 3.8) is 0 Å². The standard InChI is InChI=1S/C22H19N2O2/c25-14-18-11-15-5-1-2-6-16(15)12-20(18)22(26)23-10-9-17-13-24-21-8-4-3-7-19(17)21/h1-8,11-13,24H,9-10,14H2,(H,23,26). The number of rotatable bonds is 5. The maximum atomic E-state index is 12.6. The fourth-order valence-corrected chi connectivity index (χ4v) is 3.36. The Morgan fingerprint density at radius 2 is 1.65 bits per heavy atom. The molecular weight excluding hydrogens is 324 g/mol. The Bertz CT molecular complexity index is 1080. The summed E-state index contributed by atoms with van der Waals surface area (Å²) in [5, 5.41) is 17.6. The Morgan fingerprint density at radius 1 is 0.923 bits per heavy atom. The number of aromatic amines is 1. The lowest BCUT2D eigenvalue weighted by atomic mass is 10.0. The van der Waals surface area contributed by atoms with Crippen molar-refractivity contribution in [2.45, 2.75) is 13.0 Å². The summed E-state index contributed by atoms with van der Waals surface area (Å²) in [5.41, 5.74) is 3.27. The molecule has 1 amide bonds. The molecule has 0 spiro atoms. The zero-order chi connectivity index (χ0) is 17.9. The molecule has 0 bridgehead atoms. The van der Waals surface area contributed by atoms with Crippen LogP contribution in [0.2, 0.25) is 0 Å². The molecule has 4 aromatic rings. The maximum absolute atomic E-state index is 12.6. The predicted molar refractivity (Wildman–Crippen MR) is 103 cm³/mol. The van der Waals surface area contributed by atoms with Crippen molar-refractivity contribution >= 4 is 27.6 Å². The molecule has 0 aliphatic carbocycles. The summed E-state index contributed by atoms with van der Waals surface area (Å²) in [6.07, 6.45) is 2.71. The van der Waals surface area contributed by atoms with Crippen molar-refractivity contribution in [2.24, 2.45) is 0 Å². The zero-order valence-electron chi connectivity index (χ0n) is 14.3. The van der Waals surface area contributed by atoms with Crippen LogP contribution in [0, 0.1) is 0 Å². The average molecular weight is 343 g/mol. The second-order valence-corrected chi connectivity index (χ2v) is 6.37. The molecule has 0 unspecified atom stereocenters. The number of nitrogens with one attached hydrogen (secondary N) is 2. The lowest BCUT2D eigenvalue weighted by Crippen LogP contribution is -2.26. The molecule has 0 aliphatic heterocycles. The fraction of sp³-hybridized carbons (Fsp3) is 0.136. The molecule has 4 heteroatoms. The third-order valence-electron chi connectivity index (χ3n) is 4.73.